The lowest BCUT2D eigenvalue weighted by Gasteiger charge is -2.15. The van der Waals surface area contributed by atoms with Gasteiger partial charge in [0.05, 0.1) is 16.7 Å². The number of nitrogens with zero attached hydrogens (tertiary/aromatic N) is 1. The van der Waals surface area contributed by atoms with Gasteiger partial charge in [-0.3, -0.25) is 11.3 Å². The number of aromatic nitrogens is 1. The molecule has 0 aromatic carbocycles. The molecule has 1 heterocycles. The molecule has 1 rings (SSSR count). The summed E-state index contributed by atoms with van der Waals surface area (Å²) in [6.07, 6.45) is 1.88. The highest BCUT2D eigenvalue weighted by Gasteiger charge is 2.16. The molecule has 0 aliphatic heterocycles. The number of thiazole rings is 1. The van der Waals surface area contributed by atoms with Crippen molar-refractivity contribution in [3.8, 4) is 0 Å². The van der Waals surface area contributed by atoms with Crippen LogP contribution < -0.4 is 11.3 Å². The Hall–Kier alpha value is -0.710. The van der Waals surface area contributed by atoms with E-state index in [2.05, 4.69) is 23.9 Å². The fourth-order valence-electron chi connectivity index (χ4n) is 1.53. The molecule has 0 aliphatic carbocycles. The Balaban J connectivity index is 2.82. The monoisotopic (exact) mass is 225 g/mol. The molecule has 0 fully saturated rings. The fraction of sp³-hybridized carbons (Fsp3) is 0.545. The molecule has 1 aromatic heterocycles. The predicted molar refractivity (Wildman–Crippen MR) is 65.7 cm³/mol. The van der Waals surface area contributed by atoms with Crippen LogP contribution in [0.15, 0.2) is 12.2 Å². The third-order valence-corrected chi connectivity index (χ3v) is 3.64. The first-order chi connectivity index (χ1) is 7.08. The minimum absolute atomic E-state index is 0.156. The average Bonchev–Trinajstić information content (AvgIpc) is 2.54. The summed E-state index contributed by atoms with van der Waals surface area (Å²) in [6, 6.07) is 0.156. The van der Waals surface area contributed by atoms with Crippen LogP contribution in [-0.4, -0.2) is 4.98 Å². The van der Waals surface area contributed by atoms with Gasteiger partial charge in [-0.1, -0.05) is 19.1 Å². The molecule has 1 atom stereocenters. The zero-order valence-corrected chi connectivity index (χ0v) is 10.4. The molecule has 0 bridgehead atoms. The third-order valence-electron chi connectivity index (χ3n) is 2.45. The van der Waals surface area contributed by atoms with E-state index in [0.29, 0.717) is 0 Å². The molecule has 1 unspecified atom stereocenters. The first-order valence-corrected chi connectivity index (χ1v) is 5.96. The summed E-state index contributed by atoms with van der Waals surface area (Å²) in [5.41, 5.74) is 5.13. The van der Waals surface area contributed by atoms with E-state index in [0.717, 1.165) is 23.5 Å². The van der Waals surface area contributed by atoms with Crippen LogP contribution in [0.4, 0.5) is 0 Å². The van der Waals surface area contributed by atoms with Gasteiger partial charge in [0.25, 0.3) is 0 Å². The van der Waals surface area contributed by atoms with Gasteiger partial charge >= 0.3 is 0 Å². The number of hydrogen-bond acceptors (Lipinski definition) is 4. The van der Waals surface area contributed by atoms with E-state index in [-0.39, 0.29) is 6.04 Å². The summed E-state index contributed by atoms with van der Waals surface area (Å²) in [6.45, 7) is 10.2. The van der Waals surface area contributed by atoms with E-state index >= 15 is 0 Å². The Morgan fingerprint density at radius 3 is 2.67 bits per heavy atom. The molecule has 0 spiro atoms. The van der Waals surface area contributed by atoms with Crippen molar-refractivity contribution >= 4 is 11.3 Å². The van der Waals surface area contributed by atoms with Crippen LogP contribution in [0.1, 0.15) is 41.4 Å². The molecule has 84 valence electrons. The first-order valence-electron chi connectivity index (χ1n) is 5.15. The Labute approximate surface area is 95.4 Å². The smallest absolute Gasteiger partial charge is 0.0900 e. The quantitative estimate of drug-likeness (QED) is 0.460. The molecule has 1 aromatic rings. The summed E-state index contributed by atoms with van der Waals surface area (Å²) in [5, 5.41) is 1.09. The van der Waals surface area contributed by atoms with Gasteiger partial charge in [0, 0.05) is 4.88 Å². The SMILES string of the molecule is C=C(CC)CC(NN)c1sc(C)nc1C. The molecule has 3 nitrogen and oxygen atoms in total. The Morgan fingerprint density at radius 2 is 2.27 bits per heavy atom. The Kier molecular flexibility index (Phi) is 4.45. The van der Waals surface area contributed by atoms with E-state index in [1.165, 1.54) is 10.5 Å². The van der Waals surface area contributed by atoms with Crippen molar-refractivity contribution in [2.45, 2.75) is 39.7 Å². The van der Waals surface area contributed by atoms with E-state index < -0.39 is 0 Å². The van der Waals surface area contributed by atoms with Crippen LogP contribution in [0, 0.1) is 13.8 Å². The Morgan fingerprint density at radius 1 is 1.60 bits per heavy atom. The van der Waals surface area contributed by atoms with Gasteiger partial charge in [-0.05, 0) is 26.7 Å². The Bertz CT molecular complexity index is 344. The fourth-order valence-corrected chi connectivity index (χ4v) is 2.52. The van der Waals surface area contributed by atoms with E-state index in [4.69, 9.17) is 5.84 Å². The molecule has 3 N–H and O–H groups in total. The molecule has 15 heavy (non-hydrogen) atoms. The number of rotatable bonds is 5. The molecule has 4 heteroatoms. The maximum absolute atomic E-state index is 5.57. The van der Waals surface area contributed by atoms with Gasteiger partial charge in [-0.25, -0.2) is 4.98 Å². The minimum Gasteiger partial charge on any atom is -0.271 e. The second-order valence-corrected chi connectivity index (χ2v) is 4.94. The van der Waals surface area contributed by atoms with Gasteiger partial charge in [0.15, 0.2) is 0 Å². The normalized spacial score (nSPS) is 12.8. The molecule has 0 saturated carbocycles. The van der Waals surface area contributed by atoms with Crippen LogP contribution in [0.2, 0.25) is 0 Å². The van der Waals surface area contributed by atoms with Crippen molar-refractivity contribution in [1.82, 2.24) is 10.4 Å². The van der Waals surface area contributed by atoms with Crippen LogP contribution in [0.25, 0.3) is 0 Å². The van der Waals surface area contributed by atoms with Crippen LogP contribution in [0.5, 0.6) is 0 Å². The largest absolute Gasteiger partial charge is 0.271 e. The molecule has 0 aliphatic rings. The van der Waals surface area contributed by atoms with Crippen molar-refractivity contribution in [3.05, 3.63) is 27.7 Å². The van der Waals surface area contributed by atoms with Crippen molar-refractivity contribution in [3.63, 3.8) is 0 Å². The summed E-state index contributed by atoms with van der Waals surface area (Å²) >= 11 is 1.70. The lowest BCUT2D eigenvalue weighted by molar-refractivity contribution is 0.550. The number of aryl methyl sites for hydroxylation is 2. The predicted octanol–water partition coefficient (Wildman–Crippen LogP) is 2.62. The van der Waals surface area contributed by atoms with Crippen molar-refractivity contribution in [2.75, 3.05) is 0 Å². The summed E-state index contributed by atoms with van der Waals surface area (Å²) in [5.74, 6) is 5.57. The zero-order valence-electron chi connectivity index (χ0n) is 9.63. The van der Waals surface area contributed by atoms with Gasteiger partial charge in [-0.2, -0.15) is 0 Å². The maximum atomic E-state index is 5.57. The first kappa shape index (κ1) is 12.4. The highest BCUT2D eigenvalue weighted by molar-refractivity contribution is 7.11. The lowest BCUT2D eigenvalue weighted by atomic mass is 10.0. The van der Waals surface area contributed by atoms with Crippen LogP contribution in [0.3, 0.4) is 0 Å². The average molecular weight is 225 g/mol. The molecule has 0 saturated heterocycles. The topological polar surface area (TPSA) is 50.9 Å². The number of nitrogens with two attached hydrogens (primary N) is 1. The van der Waals surface area contributed by atoms with Crippen LogP contribution >= 0.6 is 11.3 Å². The van der Waals surface area contributed by atoms with Gasteiger partial charge < -0.3 is 0 Å². The summed E-state index contributed by atoms with van der Waals surface area (Å²) in [7, 11) is 0. The van der Waals surface area contributed by atoms with E-state index in [9.17, 15) is 0 Å². The highest BCUT2D eigenvalue weighted by atomic mass is 32.1. The second-order valence-electron chi connectivity index (χ2n) is 3.71. The molecule has 0 amide bonds. The minimum atomic E-state index is 0.156. The molecular formula is C11H19N3S. The molecular weight excluding hydrogens is 206 g/mol. The number of hydrogen-bond donors (Lipinski definition) is 2. The van der Waals surface area contributed by atoms with Gasteiger partial charge in [-0.15, -0.1) is 11.3 Å². The summed E-state index contributed by atoms with van der Waals surface area (Å²) in [4.78, 5) is 5.63. The maximum Gasteiger partial charge on any atom is 0.0900 e. The van der Waals surface area contributed by atoms with Crippen LogP contribution in [-0.2, 0) is 0 Å². The van der Waals surface area contributed by atoms with Gasteiger partial charge in [0.1, 0.15) is 0 Å². The highest BCUT2D eigenvalue weighted by Crippen LogP contribution is 2.28. The third kappa shape index (κ3) is 3.12. The standard InChI is InChI=1S/C11H19N3S/c1-5-7(2)6-10(14-12)11-8(3)13-9(4)15-11/h10,14H,2,5-6,12H2,1,3-4H3. The van der Waals surface area contributed by atoms with Gasteiger partial charge in [0.2, 0.25) is 0 Å². The van der Waals surface area contributed by atoms with E-state index in [1.807, 2.05) is 13.8 Å². The number of nitrogens with one attached hydrogen (secondary N) is 1. The summed E-state index contributed by atoms with van der Waals surface area (Å²) < 4.78 is 0. The second kappa shape index (κ2) is 5.39. The van der Waals surface area contributed by atoms with Crippen molar-refractivity contribution < 1.29 is 0 Å². The molecule has 0 radical (unpaired) electrons. The number of hydrazine groups is 1. The zero-order chi connectivity index (χ0) is 11.4. The van der Waals surface area contributed by atoms with Crippen molar-refractivity contribution in [1.29, 1.82) is 0 Å². The van der Waals surface area contributed by atoms with Crippen molar-refractivity contribution in [2.24, 2.45) is 5.84 Å². The van der Waals surface area contributed by atoms with E-state index in [1.54, 1.807) is 11.3 Å². The lowest BCUT2D eigenvalue weighted by Crippen LogP contribution is -2.28.